The van der Waals surface area contributed by atoms with E-state index in [9.17, 15) is 0 Å². The fourth-order valence-electron chi connectivity index (χ4n) is 6.81. The zero-order valence-corrected chi connectivity index (χ0v) is 20.2. The summed E-state index contributed by atoms with van der Waals surface area (Å²) < 4.78 is 0. The second-order valence-corrected chi connectivity index (χ2v) is 12.2. The van der Waals surface area contributed by atoms with Crippen molar-refractivity contribution in [1.29, 1.82) is 0 Å². The first-order chi connectivity index (χ1) is 13.4. The van der Waals surface area contributed by atoms with E-state index < -0.39 is 0 Å². The van der Waals surface area contributed by atoms with Gasteiger partial charge in [-0.1, -0.05) is 82.8 Å². The van der Waals surface area contributed by atoms with E-state index in [0.717, 1.165) is 11.4 Å². The van der Waals surface area contributed by atoms with E-state index in [-0.39, 0.29) is 11.5 Å². The molecule has 0 radical (unpaired) electrons. The van der Waals surface area contributed by atoms with Gasteiger partial charge in [0, 0.05) is 16.5 Å². The molecule has 2 aliphatic carbocycles. The highest BCUT2D eigenvalue weighted by molar-refractivity contribution is 6.31. The van der Waals surface area contributed by atoms with Gasteiger partial charge in [0.25, 0.3) is 0 Å². The maximum atomic E-state index is 6.86. The van der Waals surface area contributed by atoms with Crippen LogP contribution < -0.4 is 5.73 Å². The van der Waals surface area contributed by atoms with Crippen molar-refractivity contribution in [3.63, 3.8) is 0 Å². The molecule has 29 heavy (non-hydrogen) atoms. The van der Waals surface area contributed by atoms with Crippen LogP contribution in [-0.4, -0.2) is 6.04 Å². The van der Waals surface area contributed by atoms with E-state index in [1.807, 2.05) is 0 Å². The molecule has 0 aliphatic heterocycles. The molecule has 0 amide bonds. The summed E-state index contributed by atoms with van der Waals surface area (Å²) in [5.74, 6) is 0.548. The van der Waals surface area contributed by atoms with Crippen molar-refractivity contribution in [2.45, 2.75) is 104 Å². The van der Waals surface area contributed by atoms with Gasteiger partial charge in [-0.2, -0.15) is 0 Å². The molecular weight excluding hydrogens is 374 g/mol. The first kappa shape index (κ1) is 22.9. The molecule has 0 heterocycles. The molecular formula is C27H42ClN. The lowest BCUT2D eigenvalue weighted by molar-refractivity contribution is 0.0969. The molecule has 162 valence electrons. The number of benzene rings is 1. The molecule has 1 atom stereocenters. The predicted molar refractivity (Wildman–Crippen MR) is 128 cm³/mol. The van der Waals surface area contributed by atoms with E-state index >= 15 is 0 Å². The summed E-state index contributed by atoms with van der Waals surface area (Å²) in [6.45, 7) is 16.3. The number of halogens is 1. The van der Waals surface area contributed by atoms with Crippen molar-refractivity contribution in [2.75, 3.05) is 0 Å². The van der Waals surface area contributed by atoms with Gasteiger partial charge in [0.1, 0.15) is 0 Å². The van der Waals surface area contributed by atoms with Crippen LogP contribution in [0.4, 0.5) is 0 Å². The van der Waals surface area contributed by atoms with Crippen molar-refractivity contribution >= 4 is 11.6 Å². The van der Waals surface area contributed by atoms with Gasteiger partial charge in [-0.25, -0.2) is 0 Å². The highest BCUT2D eigenvalue weighted by atomic mass is 35.5. The molecule has 1 nitrogen and oxygen atoms in total. The Bertz CT molecular complexity index is 721. The molecule has 0 spiro atoms. The van der Waals surface area contributed by atoms with Gasteiger partial charge in [-0.3, -0.25) is 0 Å². The van der Waals surface area contributed by atoms with E-state index in [4.69, 9.17) is 17.3 Å². The van der Waals surface area contributed by atoms with Gasteiger partial charge < -0.3 is 5.73 Å². The summed E-state index contributed by atoms with van der Waals surface area (Å²) in [6.07, 6.45) is 10.8. The first-order valence-electron chi connectivity index (χ1n) is 11.7. The van der Waals surface area contributed by atoms with E-state index in [1.165, 1.54) is 68.1 Å². The highest BCUT2D eigenvalue weighted by Crippen LogP contribution is 2.53. The van der Waals surface area contributed by atoms with Gasteiger partial charge in [-0.15, -0.1) is 0 Å². The summed E-state index contributed by atoms with van der Waals surface area (Å²) >= 11 is 6.86. The average Bonchev–Trinajstić information content (AvgIpc) is 2.59. The summed E-state index contributed by atoms with van der Waals surface area (Å²) in [5, 5.41) is 0.937. The van der Waals surface area contributed by atoms with Crippen LogP contribution in [0.5, 0.6) is 0 Å². The normalized spacial score (nSPS) is 24.8. The van der Waals surface area contributed by atoms with Crippen molar-refractivity contribution in [2.24, 2.45) is 22.0 Å². The van der Waals surface area contributed by atoms with E-state index in [2.05, 4.69) is 59.4 Å². The minimum absolute atomic E-state index is 0.0980. The highest BCUT2D eigenvalue weighted by Gasteiger charge is 2.40. The van der Waals surface area contributed by atoms with Crippen LogP contribution >= 0.6 is 11.6 Å². The standard InChI is InChI=1S/C27H42ClN/c1-19(27(20(2)29)12-8-7-9-13-27)14-21-10-11-23(24(28)15-21)22-16-25(3,4)18-26(5,6)17-22/h10-11,15,20,22H,1,7-9,12-14,16-18,29H2,2-6H3. The molecule has 2 saturated carbocycles. The number of hydrogen-bond acceptors (Lipinski definition) is 1. The molecule has 2 heteroatoms. The van der Waals surface area contributed by atoms with E-state index in [0.29, 0.717) is 16.7 Å². The van der Waals surface area contributed by atoms with Crippen molar-refractivity contribution < 1.29 is 0 Å². The van der Waals surface area contributed by atoms with Gasteiger partial charge in [-0.05, 0) is 79.4 Å². The van der Waals surface area contributed by atoms with Crippen LogP contribution in [0.25, 0.3) is 0 Å². The third kappa shape index (κ3) is 5.10. The molecule has 1 aromatic carbocycles. The Kier molecular flexibility index (Phi) is 6.62. The Hall–Kier alpha value is -0.790. The molecule has 0 aromatic heterocycles. The molecule has 2 aliphatic rings. The summed E-state index contributed by atoms with van der Waals surface area (Å²) in [4.78, 5) is 0. The fourth-order valence-corrected chi connectivity index (χ4v) is 7.17. The second-order valence-electron chi connectivity index (χ2n) is 11.8. The Labute approximate surface area is 184 Å². The Balaban J connectivity index is 1.78. The van der Waals surface area contributed by atoms with Crippen LogP contribution in [0.3, 0.4) is 0 Å². The maximum Gasteiger partial charge on any atom is 0.0443 e. The lowest BCUT2D eigenvalue weighted by Gasteiger charge is -2.45. The first-order valence-corrected chi connectivity index (χ1v) is 12.0. The molecule has 3 rings (SSSR count). The van der Waals surface area contributed by atoms with Gasteiger partial charge in [0.15, 0.2) is 0 Å². The Morgan fingerprint density at radius 2 is 1.69 bits per heavy atom. The van der Waals surface area contributed by atoms with Gasteiger partial charge in [0.2, 0.25) is 0 Å². The van der Waals surface area contributed by atoms with Crippen LogP contribution in [0.2, 0.25) is 5.02 Å². The average molecular weight is 416 g/mol. The smallest absolute Gasteiger partial charge is 0.0443 e. The number of hydrogen-bond donors (Lipinski definition) is 1. The van der Waals surface area contributed by atoms with E-state index in [1.54, 1.807) is 0 Å². The van der Waals surface area contributed by atoms with Crippen molar-refractivity contribution in [3.8, 4) is 0 Å². The Morgan fingerprint density at radius 1 is 1.10 bits per heavy atom. The van der Waals surface area contributed by atoms with Gasteiger partial charge >= 0.3 is 0 Å². The number of nitrogens with two attached hydrogens (primary N) is 1. The zero-order valence-electron chi connectivity index (χ0n) is 19.4. The molecule has 2 N–H and O–H groups in total. The SMILES string of the molecule is C=C(Cc1ccc(C2CC(C)(C)CC(C)(C)C2)c(Cl)c1)C1(C(C)N)CCCCC1. The summed E-state index contributed by atoms with van der Waals surface area (Å²) in [7, 11) is 0. The third-order valence-electron chi connectivity index (χ3n) is 7.80. The zero-order chi connectivity index (χ0) is 21.4. The van der Waals surface area contributed by atoms with Crippen LogP contribution in [0.15, 0.2) is 30.4 Å². The van der Waals surface area contributed by atoms with Crippen LogP contribution in [0.1, 0.15) is 103 Å². The molecule has 0 bridgehead atoms. The van der Waals surface area contributed by atoms with Crippen molar-refractivity contribution in [1.82, 2.24) is 0 Å². The maximum absolute atomic E-state index is 6.86. The second kappa shape index (κ2) is 8.39. The van der Waals surface area contributed by atoms with Crippen LogP contribution in [-0.2, 0) is 6.42 Å². The quantitative estimate of drug-likeness (QED) is 0.483. The lowest BCUT2D eigenvalue weighted by Crippen LogP contribution is -2.42. The van der Waals surface area contributed by atoms with Crippen LogP contribution in [0, 0.1) is 16.2 Å². The third-order valence-corrected chi connectivity index (χ3v) is 8.13. The summed E-state index contributed by atoms with van der Waals surface area (Å²) in [6, 6.07) is 6.95. The molecule has 2 fully saturated rings. The minimum atomic E-state index is 0.0980. The van der Waals surface area contributed by atoms with Gasteiger partial charge in [0.05, 0.1) is 0 Å². The summed E-state index contributed by atoms with van der Waals surface area (Å²) in [5.41, 5.74) is 11.2. The lowest BCUT2D eigenvalue weighted by atomic mass is 9.60. The number of rotatable bonds is 5. The molecule has 1 aromatic rings. The largest absolute Gasteiger partial charge is 0.327 e. The molecule has 0 saturated heterocycles. The minimum Gasteiger partial charge on any atom is -0.327 e. The monoisotopic (exact) mass is 415 g/mol. The topological polar surface area (TPSA) is 26.0 Å². The Morgan fingerprint density at radius 3 is 2.21 bits per heavy atom. The predicted octanol–water partition coefficient (Wildman–Crippen LogP) is 8.06. The van der Waals surface area contributed by atoms with Crippen molar-refractivity contribution in [3.05, 3.63) is 46.5 Å². The molecule has 1 unspecified atom stereocenters. The fraction of sp³-hybridized carbons (Fsp3) is 0.704.